The SMILES string of the molecule is CCCCCCCCCCCCC1CCC(c2ccc(N)cc2)(c2ccc(N)cc2)C(C)C1. The summed E-state index contributed by atoms with van der Waals surface area (Å²) in [5.74, 6) is 1.47. The van der Waals surface area contributed by atoms with Crippen LogP contribution in [0.2, 0.25) is 0 Å². The lowest BCUT2D eigenvalue weighted by Crippen LogP contribution is -2.40. The molecule has 3 rings (SSSR count). The Labute approximate surface area is 203 Å². The summed E-state index contributed by atoms with van der Waals surface area (Å²) < 4.78 is 0. The Hall–Kier alpha value is -1.96. The van der Waals surface area contributed by atoms with Crippen molar-refractivity contribution in [3.05, 3.63) is 59.7 Å². The second-order valence-electron chi connectivity index (χ2n) is 10.7. The lowest BCUT2D eigenvalue weighted by molar-refractivity contribution is 0.175. The van der Waals surface area contributed by atoms with Crippen LogP contribution >= 0.6 is 0 Å². The summed E-state index contributed by atoms with van der Waals surface area (Å²) in [6.45, 7) is 4.76. The van der Waals surface area contributed by atoms with Crippen molar-refractivity contribution in [2.75, 3.05) is 11.5 Å². The molecule has 2 unspecified atom stereocenters. The van der Waals surface area contributed by atoms with Gasteiger partial charge in [0, 0.05) is 16.8 Å². The minimum atomic E-state index is 0.0652. The fourth-order valence-corrected chi connectivity index (χ4v) is 6.27. The number of hydrogen-bond donors (Lipinski definition) is 2. The standard InChI is InChI=1S/C31H48N2/c1-3-4-5-6-7-8-9-10-11-12-13-26-22-23-31(25(2)24-26,27-14-18-29(32)19-15-27)28-16-20-30(33)21-17-28/h14-21,25-26H,3-13,22-24,32-33H2,1-2H3. The van der Waals surface area contributed by atoms with Crippen LogP contribution in [0.4, 0.5) is 11.4 Å². The van der Waals surface area contributed by atoms with E-state index in [1.807, 2.05) is 0 Å². The molecule has 2 aromatic rings. The van der Waals surface area contributed by atoms with Crippen molar-refractivity contribution >= 4 is 11.4 Å². The number of unbranched alkanes of at least 4 members (excludes halogenated alkanes) is 9. The lowest BCUT2D eigenvalue weighted by atomic mass is 9.57. The van der Waals surface area contributed by atoms with Crippen molar-refractivity contribution < 1.29 is 0 Å². The Morgan fingerprint density at radius 1 is 0.697 bits per heavy atom. The van der Waals surface area contributed by atoms with E-state index in [-0.39, 0.29) is 5.41 Å². The van der Waals surface area contributed by atoms with E-state index < -0.39 is 0 Å². The fourth-order valence-electron chi connectivity index (χ4n) is 6.27. The van der Waals surface area contributed by atoms with E-state index in [1.165, 1.54) is 101 Å². The molecular formula is C31H48N2. The number of nitrogens with two attached hydrogens (primary N) is 2. The van der Waals surface area contributed by atoms with Gasteiger partial charge >= 0.3 is 0 Å². The first-order valence-electron chi connectivity index (χ1n) is 13.8. The molecule has 0 radical (unpaired) electrons. The molecule has 2 aromatic carbocycles. The van der Waals surface area contributed by atoms with Crippen LogP contribution in [0, 0.1) is 11.8 Å². The van der Waals surface area contributed by atoms with Crippen molar-refractivity contribution in [1.82, 2.24) is 0 Å². The number of hydrogen-bond acceptors (Lipinski definition) is 2. The van der Waals surface area contributed by atoms with E-state index in [4.69, 9.17) is 11.5 Å². The van der Waals surface area contributed by atoms with E-state index in [2.05, 4.69) is 62.4 Å². The molecule has 0 amide bonds. The van der Waals surface area contributed by atoms with Gasteiger partial charge < -0.3 is 11.5 Å². The lowest BCUT2D eigenvalue weighted by Gasteiger charge is -2.47. The third-order valence-electron chi connectivity index (χ3n) is 8.29. The van der Waals surface area contributed by atoms with E-state index in [0.717, 1.165) is 17.3 Å². The summed E-state index contributed by atoms with van der Waals surface area (Å²) in [5.41, 5.74) is 16.6. The number of nitrogen functional groups attached to an aromatic ring is 2. The third kappa shape index (κ3) is 7.01. The largest absolute Gasteiger partial charge is 0.399 e. The normalized spacial score (nSPS) is 20.1. The molecule has 2 atom stereocenters. The maximum absolute atomic E-state index is 6.02. The van der Waals surface area contributed by atoms with Crippen molar-refractivity contribution in [2.45, 2.75) is 109 Å². The molecule has 0 aliphatic heterocycles. The first kappa shape index (κ1) is 25.7. The van der Waals surface area contributed by atoms with Gasteiger partial charge in [-0.15, -0.1) is 0 Å². The molecular weight excluding hydrogens is 400 g/mol. The molecule has 0 heterocycles. The molecule has 1 saturated carbocycles. The Morgan fingerprint density at radius 3 is 1.61 bits per heavy atom. The van der Waals surface area contributed by atoms with Gasteiger partial charge in [-0.2, -0.15) is 0 Å². The highest BCUT2D eigenvalue weighted by Crippen LogP contribution is 2.51. The quantitative estimate of drug-likeness (QED) is 0.237. The smallest absolute Gasteiger partial charge is 0.0314 e. The molecule has 1 aliphatic carbocycles. The molecule has 2 heteroatoms. The van der Waals surface area contributed by atoms with Crippen LogP contribution in [0.15, 0.2) is 48.5 Å². The first-order chi connectivity index (χ1) is 16.1. The highest BCUT2D eigenvalue weighted by Gasteiger charge is 2.43. The van der Waals surface area contributed by atoms with E-state index in [0.29, 0.717) is 5.92 Å². The Balaban J connectivity index is 1.51. The minimum absolute atomic E-state index is 0.0652. The minimum Gasteiger partial charge on any atom is -0.399 e. The molecule has 2 nitrogen and oxygen atoms in total. The zero-order valence-corrected chi connectivity index (χ0v) is 21.3. The number of anilines is 2. The third-order valence-corrected chi connectivity index (χ3v) is 8.29. The van der Waals surface area contributed by atoms with Gasteiger partial charge in [-0.3, -0.25) is 0 Å². The Bertz CT molecular complexity index is 747. The Morgan fingerprint density at radius 2 is 1.15 bits per heavy atom. The first-order valence-corrected chi connectivity index (χ1v) is 13.8. The van der Waals surface area contributed by atoms with E-state index >= 15 is 0 Å². The molecule has 1 aliphatic rings. The maximum Gasteiger partial charge on any atom is 0.0314 e. The second-order valence-corrected chi connectivity index (χ2v) is 10.7. The van der Waals surface area contributed by atoms with Crippen LogP contribution < -0.4 is 11.5 Å². The van der Waals surface area contributed by atoms with Crippen LogP contribution in [-0.4, -0.2) is 0 Å². The fraction of sp³-hybridized carbons (Fsp3) is 0.613. The monoisotopic (exact) mass is 448 g/mol. The Kier molecular flexibility index (Phi) is 10.2. The van der Waals surface area contributed by atoms with Crippen molar-refractivity contribution in [3.8, 4) is 0 Å². The second kappa shape index (κ2) is 13.1. The van der Waals surface area contributed by atoms with Crippen LogP contribution in [0.25, 0.3) is 0 Å². The van der Waals surface area contributed by atoms with Crippen molar-refractivity contribution in [2.24, 2.45) is 11.8 Å². The topological polar surface area (TPSA) is 52.0 Å². The van der Waals surface area contributed by atoms with Gasteiger partial charge in [-0.1, -0.05) is 109 Å². The molecule has 182 valence electrons. The van der Waals surface area contributed by atoms with Gasteiger partial charge in [0.1, 0.15) is 0 Å². The summed E-state index contributed by atoms with van der Waals surface area (Å²) in [5, 5.41) is 0. The zero-order valence-electron chi connectivity index (χ0n) is 21.3. The zero-order chi connectivity index (χ0) is 23.5. The van der Waals surface area contributed by atoms with Gasteiger partial charge in [0.15, 0.2) is 0 Å². The van der Waals surface area contributed by atoms with Crippen LogP contribution in [0.1, 0.15) is 115 Å². The summed E-state index contributed by atoms with van der Waals surface area (Å²) >= 11 is 0. The van der Waals surface area contributed by atoms with Crippen molar-refractivity contribution in [3.63, 3.8) is 0 Å². The molecule has 0 aromatic heterocycles. The highest BCUT2D eigenvalue weighted by molar-refractivity contribution is 5.49. The molecule has 33 heavy (non-hydrogen) atoms. The van der Waals surface area contributed by atoms with Crippen LogP contribution in [0.3, 0.4) is 0 Å². The van der Waals surface area contributed by atoms with Crippen molar-refractivity contribution in [1.29, 1.82) is 0 Å². The summed E-state index contributed by atoms with van der Waals surface area (Å²) in [6, 6.07) is 17.3. The molecule has 0 bridgehead atoms. The van der Waals surface area contributed by atoms with Gasteiger partial charge in [0.05, 0.1) is 0 Å². The summed E-state index contributed by atoms with van der Waals surface area (Å²) in [6.07, 6.45) is 19.5. The van der Waals surface area contributed by atoms with E-state index in [1.54, 1.807) is 0 Å². The predicted octanol–water partition coefficient (Wildman–Crippen LogP) is 8.88. The summed E-state index contributed by atoms with van der Waals surface area (Å²) in [4.78, 5) is 0. The molecule has 0 saturated heterocycles. The van der Waals surface area contributed by atoms with Crippen LogP contribution in [-0.2, 0) is 5.41 Å². The molecule has 4 N–H and O–H groups in total. The average molecular weight is 449 g/mol. The average Bonchev–Trinajstić information content (AvgIpc) is 2.82. The van der Waals surface area contributed by atoms with Crippen LogP contribution in [0.5, 0.6) is 0 Å². The number of rotatable bonds is 13. The maximum atomic E-state index is 6.02. The van der Waals surface area contributed by atoms with Gasteiger partial charge in [-0.25, -0.2) is 0 Å². The predicted molar refractivity (Wildman–Crippen MR) is 145 cm³/mol. The summed E-state index contributed by atoms with van der Waals surface area (Å²) in [7, 11) is 0. The highest BCUT2D eigenvalue weighted by atomic mass is 14.6. The van der Waals surface area contributed by atoms with Gasteiger partial charge in [0.2, 0.25) is 0 Å². The number of benzene rings is 2. The van der Waals surface area contributed by atoms with E-state index in [9.17, 15) is 0 Å². The molecule has 0 spiro atoms. The molecule has 1 fully saturated rings. The van der Waals surface area contributed by atoms with Gasteiger partial charge in [0.25, 0.3) is 0 Å². The van der Waals surface area contributed by atoms with Gasteiger partial charge in [-0.05, 0) is 66.5 Å².